The van der Waals surface area contributed by atoms with Crippen molar-refractivity contribution in [1.29, 1.82) is 0 Å². The monoisotopic (exact) mass is 219 g/mol. The van der Waals surface area contributed by atoms with E-state index in [1.165, 1.54) is 5.56 Å². The number of hydrogen-bond acceptors (Lipinski definition) is 3. The van der Waals surface area contributed by atoms with Crippen molar-refractivity contribution < 1.29 is 4.74 Å². The number of fused-ring (bicyclic) bond motifs is 1. The van der Waals surface area contributed by atoms with Gasteiger partial charge in [0.2, 0.25) is 0 Å². The lowest BCUT2D eigenvalue weighted by atomic mass is 10.1. The Morgan fingerprint density at radius 1 is 1.44 bits per heavy atom. The maximum Gasteiger partial charge on any atom is 0.0653 e. The summed E-state index contributed by atoms with van der Waals surface area (Å²) in [5.41, 5.74) is 2.37. The van der Waals surface area contributed by atoms with E-state index in [-0.39, 0.29) is 0 Å². The van der Waals surface area contributed by atoms with E-state index < -0.39 is 0 Å². The Bertz CT molecular complexity index is 439. The van der Waals surface area contributed by atoms with Crippen LogP contribution in [-0.2, 0) is 11.3 Å². The molecule has 4 nitrogen and oxygen atoms in total. The fourth-order valence-electron chi connectivity index (χ4n) is 1.67. The lowest BCUT2D eigenvalue weighted by Gasteiger charge is -2.04. The van der Waals surface area contributed by atoms with Crippen molar-refractivity contribution in [3.8, 4) is 0 Å². The van der Waals surface area contributed by atoms with Crippen LogP contribution in [0.3, 0.4) is 0 Å². The number of rotatable bonds is 6. The van der Waals surface area contributed by atoms with Crippen LogP contribution in [0.25, 0.3) is 10.9 Å². The smallest absolute Gasteiger partial charge is 0.0653 e. The molecule has 1 heterocycles. The fourth-order valence-corrected chi connectivity index (χ4v) is 1.67. The van der Waals surface area contributed by atoms with Gasteiger partial charge in [-0.05, 0) is 24.6 Å². The zero-order valence-corrected chi connectivity index (χ0v) is 9.49. The fraction of sp³-hybridized carbons (Fsp3) is 0.417. The van der Waals surface area contributed by atoms with Crippen LogP contribution in [0.4, 0.5) is 0 Å². The molecule has 16 heavy (non-hydrogen) atoms. The molecule has 2 rings (SSSR count). The minimum Gasteiger partial charge on any atom is -0.385 e. The highest BCUT2D eigenvalue weighted by molar-refractivity contribution is 5.78. The average Bonchev–Trinajstić information content (AvgIpc) is 2.76. The number of nitrogens with one attached hydrogen (secondary N) is 2. The van der Waals surface area contributed by atoms with Gasteiger partial charge in [0.25, 0.3) is 0 Å². The van der Waals surface area contributed by atoms with Gasteiger partial charge in [0.15, 0.2) is 0 Å². The number of ether oxygens (including phenoxy) is 1. The number of aromatic nitrogens is 2. The molecular weight excluding hydrogens is 202 g/mol. The molecule has 0 unspecified atom stereocenters. The molecule has 0 radical (unpaired) electrons. The Hall–Kier alpha value is -1.39. The second kappa shape index (κ2) is 5.63. The highest BCUT2D eigenvalue weighted by atomic mass is 16.5. The molecule has 0 saturated carbocycles. The highest BCUT2D eigenvalue weighted by Gasteiger charge is 1.97. The van der Waals surface area contributed by atoms with Crippen molar-refractivity contribution >= 4 is 10.9 Å². The molecule has 0 amide bonds. The molecule has 0 bridgehead atoms. The topological polar surface area (TPSA) is 49.9 Å². The van der Waals surface area contributed by atoms with Crippen LogP contribution in [0.1, 0.15) is 12.0 Å². The molecular formula is C12H17N3O. The second-order valence-corrected chi connectivity index (χ2v) is 3.81. The SMILES string of the molecule is COCCCNCc1ccc2cn[nH]c2c1. The maximum atomic E-state index is 4.99. The normalized spacial score (nSPS) is 11.1. The van der Waals surface area contributed by atoms with Crippen LogP contribution in [0.5, 0.6) is 0 Å². The molecule has 0 aliphatic rings. The standard InChI is InChI=1S/C12H17N3O/c1-16-6-2-5-13-8-10-3-4-11-9-14-15-12(11)7-10/h3-4,7,9,13H,2,5-6,8H2,1H3,(H,14,15). The van der Waals surface area contributed by atoms with E-state index in [0.29, 0.717) is 0 Å². The van der Waals surface area contributed by atoms with Crippen molar-refractivity contribution in [3.63, 3.8) is 0 Å². The van der Waals surface area contributed by atoms with Gasteiger partial charge in [-0.15, -0.1) is 0 Å². The quantitative estimate of drug-likeness (QED) is 0.727. The Labute approximate surface area is 95.0 Å². The van der Waals surface area contributed by atoms with E-state index in [1.807, 2.05) is 6.20 Å². The van der Waals surface area contributed by atoms with E-state index in [9.17, 15) is 0 Å². The molecule has 0 atom stereocenters. The number of aromatic amines is 1. The largest absolute Gasteiger partial charge is 0.385 e. The molecule has 1 aromatic carbocycles. The van der Waals surface area contributed by atoms with E-state index in [2.05, 4.69) is 33.7 Å². The molecule has 4 heteroatoms. The van der Waals surface area contributed by atoms with Gasteiger partial charge in [0.1, 0.15) is 0 Å². The van der Waals surface area contributed by atoms with Crippen LogP contribution in [-0.4, -0.2) is 30.5 Å². The van der Waals surface area contributed by atoms with Gasteiger partial charge >= 0.3 is 0 Å². The van der Waals surface area contributed by atoms with Crippen LogP contribution >= 0.6 is 0 Å². The maximum absolute atomic E-state index is 4.99. The predicted molar refractivity (Wildman–Crippen MR) is 64.3 cm³/mol. The van der Waals surface area contributed by atoms with E-state index in [1.54, 1.807) is 7.11 Å². The van der Waals surface area contributed by atoms with Crippen LogP contribution < -0.4 is 5.32 Å². The van der Waals surface area contributed by atoms with Gasteiger partial charge in [-0.2, -0.15) is 5.10 Å². The highest BCUT2D eigenvalue weighted by Crippen LogP contribution is 2.12. The predicted octanol–water partition coefficient (Wildman–Crippen LogP) is 1.69. The first kappa shape index (κ1) is 11.1. The molecule has 0 aliphatic heterocycles. The summed E-state index contributed by atoms with van der Waals surface area (Å²) in [5.74, 6) is 0. The number of nitrogens with zero attached hydrogens (tertiary/aromatic N) is 1. The third kappa shape index (κ3) is 2.81. The summed E-state index contributed by atoms with van der Waals surface area (Å²) in [6, 6.07) is 6.35. The minimum absolute atomic E-state index is 0.812. The lowest BCUT2D eigenvalue weighted by molar-refractivity contribution is 0.194. The number of H-pyrrole nitrogens is 1. The molecule has 0 spiro atoms. The number of benzene rings is 1. The van der Waals surface area contributed by atoms with Crippen LogP contribution in [0, 0.1) is 0 Å². The van der Waals surface area contributed by atoms with E-state index >= 15 is 0 Å². The van der Waals surface area contributed by atoms with E-state index in [0.717, 1.165) is 37.0 Å². The van der Waals surface area contributed by atoms with Crippen LogP contribution in [0.2, 0.25) is 0 Å². The number of hydrogen-bond donors (Lipinski definition) is 2. The molecule has 1 aromatic heterocycles. The van der Waals surface area contributed by atoms with Gasteiger partial charge in [-0.1, -0.05) is 12.1 Å². The van der Waals surface area contributed by atoms with Crippen molar-refractivity contribution in [2.75, 3.05) is 20.3 Å². The Morgan fingerprint density at radius 2 is 2.38 bits per heavy atom. The third-order valence-electron chi connectivity index (χ3n) is 2.54. The van der Waals surface area contributed by atoms with Crippen molar-refractivity contribution in [2.45, 2.75) is 13.0 Å². The van der Waals surface area contributed by atoms with Gasteiger partial charge in [-0.25, -0.2) is 0 Å². The van der Waals surface area contributed by atoms with Gasteiger partial charge < -0.3 is 10.1 Å². The Kier molecular flexibility index (Phi) is 3.91. The van der Waals surface area contributed by atoms with E-state index in [4.69, 9.17) is 4.74 Å². The zero-order valence-electron chi connectivity index (χ0n) is 9.49. The average molecular weight is 219 g/mol. The molecule has 0 aliphatic carbocycles. The van der Waals surface area contributed by atoms with Gasteiger partial charge in [-0.3, -0.25) is 5.10 Å². The summed E-state index contributed by atoms with van der Waals surface area (Å²) in [6.07, 6.45) is 2.88. The molecule has 0 fully saturated rings. The van der Waals surface area contributed by atoms with Gasteiger partial charge in [0, 0.05) is 25.6 Å². The summed E-state index contributed by atoms with van der Waals surface area (Å²) < 4.78 is 4.99. The summed E-state index contributed by atoms with van der Waals surface area (Å²) in [6.45, 7) is 2.68. The summed E-state index contributed by atoms with van der Waals surface area (Å²) in [7, 11) is 1.73. The first-order chi connectivity index (χ1) is 7.90. The van der Waals surface area contributed by atoms with Gasteiger partial charge in [0.05, 0.1) is 11.7 Å². The summed E-state index contributed by atoms with van der Waals surface area (Å²) in [5, 5.41) is 11.5. The Balaban J connectivity index is 1.84. The zero-order chi connectivity index (χ0) is 11.2. The van der Waals surface area contributed by atoms with Crippen molar-refractivity contribution in [1.82, 2.24) is 15.5 Å². The molecule has 2 N–H and O–H groups in total. The summed E-state index contributed by atoms with van der Waals surface area (Å²) in [4.78, 5) is 0. The first-order valence-corrected chi connectivity index (χ1v) is 5.52. The summed E-state index contributed by atoms with van der Waals surface area (Å²) >= 11 is 0. The lowest BCUT2D eigenvalue weighted by Crippen LogP contribution is -2.15. The van der Waals surface area contributed by atoms with Crippen molar-refractivity contribution in [2.24, 2.45) is 0 Å². The third-order valence-corrected chi connectivity index (χ3v) is 2.54. The molecule has 0 saturated heterocycles. The minimum atomic E-state index is 0.812. The molecule has 86 valence electrons. The van der Waals surface area contributed by atoms with Crippen molar-refractivity contribution in [3.05, 3.63) is 30.0 Å². The molecule has 2 aromatic rings. The van der Waals surface area contributed by atoms with Crippen LogP contribution in [0.15, 0.2) is 24.4 Å². The first-order valence-electron chi connectivity index (χ1n) is 5.52. The number of methoxy groups -OCH3 is 1. The Morgan fingerprint density at radius 3 is 3.25 bits per heavy atom. The second-order valence-electron chi connectivity index (χ2n) is 3.81.